The summed E-state index contributed by atoms with van der Waals surface area (Å²) in [5, 5.41) is 2.98. The van der Waals surface area contributed by atoms with Crippen LogP contribution in [0.5, 0.6) is 11.5 Å². The van der Waals surface area contributed by atoms with E-state index in [0.717, 1.165) is 22.5 Å². The monoisotopic (exact) mass is 403 g/mol. The highest BCUT2D eigenvalue weighted by atomic mass is 19.1. The minimum absolute atomic E-state index is 0.158. The van der Waals surface area contributed by atoms with E-state index in [0.29, 0.717) is 30.2 Å². The highest BCUT2D eigenvalue weighted by Gasteiger charge is 2.18. The number of imidazole rings is 1. The van der Waals surface area contributed by atoms with Crippen LogP contribution in [0.1, 0.15) is 34.2 Å². The molecule has 0 radical (unpaired) electrons. The number of pyridine rings is 1. The van der Waals surface area contributed by atoms with Crippen molar-refractivity contribution in [3.05, 3.63) is 95.2 Å². The van der Waals surface area contributed by atoms with Crippen LogP contribution in [0.15, 0.2) is 66.9 Å². The molecule has 0 saturated heterocycles. The van der Waals surface area contributed by atoms with Crippen molar-refractivity contribution in [2.75, 3.05) is 0 Å². The van der Waals surface area contributed by atoms with Crippen molar-refractivity contribution in [3.8, 4) is 11.5 Å². The van der Waals surface area contributed by atoms with Gasteiger partial charge in [-0.3, -0.25) is 9.20 Å². The van der Waals surface area contributed by atoms with E-state index in [1.165, 1.54) is 12.1 Å². The summed E-state index contributed by atoms with van der Waals surface area (Å²) in [5.74, 6) is 0.741. The highest BCUT2D eigenvalue weighted by Crippen LogP contribution is 2.22. The Morgan fingerprint density at radius 1 is 1.07 bits per heavy atom. The maximum atomic E-state index is 13.0. The molecule has 152 valence electrons. The molecule has 30 heavy (non-hydrogen) atoms. The number of fused-ring (bicyclic) bond motifs is 1. The van der Waals surface area contributed by atoms with Crippen LogP contribution in [0.2, 0.25) is 0 Å². The number of carbonyl (C=O) groups excluding carboxylic acids is 1. The van der Waals surface area contributed by atoms with Crippen LogP contribution in [0.3, 0.4) is 0 Å². The van der Waals surface area contributed by atoms with E-state index in [9.17, 15) is 9.18 Å². The van der Waals surface area contributed by atoms with E-state index in [2.05, 4.69) is 10.3 Å². The summed E-state index contributed by atoms with van der Waals surface area (Å²) in [7, 11) is 0. The summed E-state index contributed by atoms with van der Waals surface area (Å²) < 4.78 is 20.5. The van der Waals surface area contributed by atoms with Crippen LogP contribution in [-0.4, -0.2) is 15.3 Å². The Morgan fingerprint density at radius 3 is 2.40 bits per heavy atom. The van der Waals surface area contributed by atoms with E-state index >= 15 is 0 Å². The maximum Gasteiger partial charge on any atom is 0.270 e. The SMILES string of the molecule is CCc1nc2cc(C)ccn2c1C(=O)NCc1ccc(Oc2ccc(F)cc2)cc1. The van der Waals surface area contributed by atoms with Crippen molar-refractivity contribution in [3.63, 3.8) is 0 Å². The number of amides is 1. The van der Waals surface area contributed by atoms with Crippen molar-refractivity contribution in [1.29, 1.82) is 0 Å². The van der Waals surface area contributed by atoms with E-state index in [-0.39, 0.29) is 11.7 Å². The number of aromatic nitrogens is 2. The third kappa shape index (κ3) is 4.17. The first-order valence-electron chi connectivity index (χ1n) is 9.81. The largest absolute Gasteiger partial charge is 0.457 e. The molecule has 4 rings (SSSR count). The number of carbonyl (C=O) groups is 1. The molecule has 1 N–H and O–H groups in total. The van der Waals surface area contributed by atoms with Gasteiger partial charge in [-0.25, -0.2) is 9.37 Å². The zero-order valence-corrected chi connectivity index (χ0v) is 16.9. The average molecular weight is 403 g/mol. The predicted octanol–water partition coefficient (Wildman–Crippen LogP) is 5.07. The fourth-order valence-corrected chi connectivity index (χ4v) is 3.26. The summed E-state index contributed by atoms with van der Waals surface area (Å²) in [5.41, 5.74) is 4.17. The van der Waals surface area contributed by atoms with Crippen molar-refractivity contribution >= 4 is 11.6 Å². The topological polar surface area (TPSA) is 55.6 Å². The molecule has 1 amide bonds. The molecule has 0 saturated carbocycles. The molecule has 2 heterocycles. The first-order chi connectivity index (χ1) is 14.5. The standard InChI is InChI=1S/C24H22FN3O2/c1-3-21-23(28-13-12-16(2)14-22(28)27-21)24(29)26-15-17-4-8-19(9-5-17)30-20-10-6-18(25)7-11-20/h4-14H,3,15H2,1-2H3,(H,26,29). The molecule has 2 aromatic carbocycles. The van der Waals surface area contributed by atoms with Gasteiger partial charge in [0.15, 0.2) is 0 Å². The number of hydrogen-bond acceptors (Lipinski definition) is 3. The molecule has 2 aromatic heterocycles. The van der Waals surface area contributed by atoms with Crippen LogP contribution in [0, 0.1) is 12.7 Å². The molecular weight excluding hydrogens is 381 g/mol. The van der Waals surface area contributed by atoms with E-state index in [1.807, 2.05) is 60.8 Å². The second kappa shape index (κ2) is 8.37. The maximum absolute atomic E-state index is 13.0. The number of ether oxygens (including phenoxy) is 1. The minimum atomic E-state index is -0.305. The van der Waals surface area contributed by atoms with Gasteiger partial charge < -0.3 is 10.1 Å². The second-order valence-corrected chi connectivity index (χ2v) is 7.08. The van der Waals surface area contributed by atoms with Crippen molar-refractivity contribution in [1.82, 2.24) is 14.7 Å². The fourth-order valence-electron chi connectivity index (χ4n) is 3.26. The molecule has 6 heteroatoms. The second-order valence-electron chi connectivity index (χ2n) is 7.08. The lowest BCUT2D eigenvalue weighted by atomic mass is 10.2. The van der Waals surface area contributed by atoms with Gasteiger partial charge >= 0.3 is 0 Å². The Morgan fingerprint density at radius 2 is 1.73 bits per heavy atom. The lowest BCUT2D eigenvalue weighted by Gasteiger charge is -2.09. The third-order valence-electron chi connectivity index (χ3n) is 4.83. The summed E-state index contributed by atoms with van der Waals surface area (Å²) >= 11 is 0. The number of nitrogens with zero attached hydrogens (tertiary/aromatic N) is 2. The van der Waals surface area contributed by atoms with E-state index in [1.54, 1.807) is 12.1 Å². The van der Waals surface area contributed by atoms with Gasteiger partial charge in [0.2, 0.25) is 0 Å². The molecule has 0 spiro atoms. The molecule has 0 aliphatic rings. The van der Waals surface area contributed by atoms with Gasteiger partial charge in [0.1, 0.15) is 28.7 Å². The zero-order chi connectivity index (χ0) is 21.1. The molecule has 4 aromatic rings. The number of nitrogens with one attached hydrogen (secondary N) is 1. The molecule has 0 bridgehead atoms. The summed E-state index contributed by atoms with van der Waals surface area (Å²) in [6.07, 6.45) is 2.56. The molecule has 0 atom stereocenters. The highest BCUT2D eigenvalue weighted by molar-refractivity contribution is 5.94. The number of aryl methyl sites for hydroxylation is 2. The van der Waals surface area contributed by atoms with Crippen LogP contribution in [0.25, 0.3) is 5.65 Å². The lowest BCUT2D eigenvalue weighted by Crippen LogP contribution is -2.25. The van der Waals surface area contributed by atoms with Crippen molar-refractivity contribution < 1.29 is 13.9 Å². The van der Waals surface area contributed by atoms with Crippen molar-refractivity contribution in [2.45, 2.75) is 26.8 Å². The Hall–Kier alpha value is -3.67. The Balaban J connectivity index is 1.44. The minimum Gasteiger partial charge on any atom is -0.457 e. The van der Waals surface area contributed by atoms with Crippen molar-refractivity contribution in [2.24, 2.45) is 0 Å². The van der Waals surface area contributed by atoms with Crippen LogP contribution in [0.4, 0.5) is 4.39 Å². The first kappa shape index (κ1) is 19.6. The number of hydrogen-bond donors (Lipinski definition) is 1. The molecule has 5 nitrogen and oxygen atoms in total. The number of benzene rings is 2. The van der Waals surface area contributed by atoms with Gasteiger partial charge in [0.05, 0.1) is 5.69 Å². The van der Waals surface area contributed by atoms with Gasteiger partial charge in [0.25, 0.3) is 5.91 Å². The van der Waals surface area contributed by atoms with Gasteiger partial charge in [-0.1, -0.05) is 19.1 Å². The molecule has 0 aliphatic carbocycles. The summed E-state index contributed by atoms with van der Waals surface area (Å²) in [6, 6.07) is 17.2. The van der Waals surface area contributed by atoms with Crippen LogP contribution < -0.4 is 10.1 Å². The van der Waals surface area contributed by atoms with Crippen LogP contribution in [-0.2, 0) is 13.0 Å². The van der Waals surface area contributed by atoms with Gasteiger partial charge in [-0.2, -0.15) is 0 Å². The summed E-state index contributed by atoms with van der Waals surface area (Å²) in [6.45, 7) is 4.38. The quantitative estimate of drug-likeness (QED) is 0.489. The third-order valence-corrected chi connectivity index (χ3v) is 4.83. The average Bonchev–Trinajstić information content (AvgIpc) is 3.12. The molecule has 0 fully saturated rings. The smallest absolute Gasteiger partial charge is 0.270 e. The normalized spacial score (nSPS) is 10.9. The Bertz CT molecular complexity index is 1180. The molecule has 0 unspecified atom stereocenters. The number of rotatable bonds is 6. The zero-order valence-electron chi connectivity index (χ0n) is 16.9. The lowest BCUT2D eigenvalue weighted by molar-refractivity contribution is 0.0944. The van der Waals surface area contributed by atoms with E-state index in [4.69, 9.17) is 4.74 Å². The summed E-state index contributed by atoms with van der Waals surface area (Å²) in [4.78, 5) is 17.5. The molecular formula is C24H22FN3O2. The Kier molecular flexibility index (Phi) is 5.48. The van der Waals surface area contributed by atoms with Gasteiger partial charge in [-0.15, -0.1) is 0 Å². The van der Waals surface area contributed by atoms with Gasteiger partial charge in [-0.05, 0) is 73.0 Å². The fraction of sp³-hybridized carbons (Fsp3) is 0.167. The first-order valence-corrected chi connectivity index (χ1v) is 9.81. The molecule has 0 aliphatic heterocycles. The van der Waals surface area contributed by atoms with E-state index < -0.39 is 0 Å². The Labute approximate surface area is 174 Å². The number of halogens is 1. The van der Waals surface area contributed by atoms with Gasteiger partial charge in [0, 0.05) is 12.7 Å². The predicted molar refractivity (Wildman–Crippen MR) is 113 cm³/mol. The van der Waals surface area contributed by atoms with Crippen LogP contribution >= 0.6 is 0 Å².